The minimum Gasteiger partial charge on any atom is -0.456 e. The molecule has 1 aromatic heterocycles. The van der Waals surface area contributed by atoms with Gasteiger partial charge in [0, 0.05) is 10.8 Å². The smallest absolute Gasteiger partial charge is 0.139 e. The molecule has 238 valence electrons. The quantitative estimate of drug-likeness (QED) is 0.155. The van der Waals surface area contributed by atoms with E-state index >= 15 is 0 Å². The zero-order valence-corrected chi connectivity index (χ0v) is 30.2. The lowest BCUT2D eigenvalue weighted by Crippen LogP contribution is -2.55. The largest absolute Gasteiger partial charge is 0.456 e. The van der Waals surface area contributed by atoms with E-state index in [9.17, 15) is 0 Å². The second-order valence-corrected chi connectivity index (χ2v) is 14.5. The molecule has 0 fully saturated rings. The number of rotatable bonds is 3. The molecule has 0 saturated carbocycles. The van der Waals surface area contributed by atoms with Gasteiger partial charge < -0.3 is 4.42 Å². The van der Waals surface area contributed by atoms with E-state index in [0.29, 0.717) is 0 Å². The molecule has 1 heterocycles. The molecular formula is C46H33B5O. The van der Waals surface area contributed by atoms with Crippen LogP contribution in [0.25, 0.3) is 98.4 Å². The normalized spacial score (nSPS) is 11.8. The Hall–Kier alpha value is -5.86. The second kappa shape index (κ2) is 11.6. The molecule has 0 saturated heterocycles. The Morgan fingerprint density at radius 1 is 0.327 bits per heavy atom. The van der Waals surface area contributed by atoms with Crippen molar-refractivity contribution in [3.05, 3.63) is 140 Å². The summed E-state index contributed by atoms with van der Waals surface area (Å²) in [6, 6.07) is 51.1. The molecule has 0 spiro atoms. The van der Waals surface area contributed by atoms with Gasteiger partial charge in [-0.05, 0) is 94.7 Å². The lowest BCUT2D eigenvalue weighted by atomic mass is 9.59. The van der Waals surface area contributed by atoms with Gasteiger partial charge in [0.25, 0.3) is 0 Å². The summed E-state index contributed by atoms with van der Waals surface area (Å²) in [7, 11) is 11.4. The fourth-order valence-corrected chi connectivity index (χ4v) is 9.05. The molecule has 9 aromatic carbocycles. The standard InChI is InChI=1S/C46H33B5O/c47-42-41(43(48)45(50)46(51)44(42)49)38-31-13-5-3-11-29(31)37(30-12-4-6-14-32(30)38)33-16-8-18-36-40(33)39-28(15-7-17-35(39)52-36)26-22-21-25-20-19-24-9-1-2-10-27(24)34(25)23-26/h1-23H,47-51H2. The average molecular weight is 656 g/mol. The van der Waals surface area contributed by atoms with E-state index in [4.69, 9.17) is 4.42 Å². The molecule has 10 rings (SSSR count). The van der Waals surface area contributed by atoms with Crippen molar-refractivity contribution in [1.82, 2.24) is 0 Å². The molecule has 0 radical (unpaired) electrons. The highest BCUT2D eigenvalue weighted by Gasteiger charge is 2.23. The van der Waals surface area contributed by atoms with Crippen molar-refractivity contribution in [3.63, 3.8) is 0 Å². The van der Waals surface area contributed by atoms with Crippen LogP contribution in [0.2, 0.25) is 0 Å². The molecule has 0 unspecified atom stereocenters. The molecule has 0 aliphatic heterocycles. The fraction of sp³-hybridized carbons (Fsp3) is 0. The molecular weight excluding hydrogens is 623 g/mol. The first-order valence-corrected chi connectivity index (χ1v) is 18.3. The summed E-state index contributed by atoms with van der Waals surface area (Å²) < 4.78 is 6.72. The lowest BCUT2D eigenvalue weighted by Gasteiger charge is -2.24. The van der Waals surface area contributed by atoms with E-state index in [1.54, 1.807) is 0 Å². The van der Waals surface area contributed by atoms with Crippen LogP contribution >= 0.6 is 0 Å². The van der Waals surface area contributed by atoms with Crippen molar-refractivity contribution in [1.29, 1.82) is 0 Å². The Kier molecular flexibility index (Phi) is 6.89. The van der Waals surface area contributed by atoms with Crippen molar-refractivity contribution in [2.45, 2.75) is 0 Å². The molecule has 52 heavy (non-hydrogen) atoms. The van der Waals surface area contributed by atoms with Gasteiger partial charge in [-0.25, -0.2) is 0 Å². The summed E-state index contributed by atoms with van der Waals surface area (Å²) in [6.45, 7) is 0. The third-order valence-electron chi connectivity index (χ3n) is 12.0. The average Bonchev–Trinajstić information content (AvgIpc) is 3.58. The van der Waals surface area contributed by atoms with E-state index in [-0.39, 0.29) is 0 Å². The molecule has 0 aliphatic carbocycles. The number of furan rings is 1. The molecule has 1 nitrogen and oxygen atoms in total. The summed E-state index contributed by atoms with van der Waals surface area (Å²) in [5.74, 6) is 0. The first-order chi connectivity index (χ1) is 25.4. The van der Waals surface area contributed by atoms with Gasteiger partial charge in [0.05, 0.1) is 0 Å². The molecule has 0 amide bonds. The van der Waals surface area contributed by atoms with Gasteiger partial charge in [-0.1, -0.05) is 132 Å². The number of benzene rings is 9. The van der Waals surface area contributed by atoms with Gasteiger partial charge in [-0.15, -0.1) is 16.4 Å². The van der Waals surface area contributed by atoms with E-state index < -0.39 is 0 Å². The summed E-state index contributed by atoms with van der Waals surface area (Å²) in [4.78, 5) is 0. The van der Waals surface area contributed by atoms with Gasteiger partial charge in [0.1, 0.15) is 50.4 Å². The van der Waals surface area contributed by atoms with Gasteiger partial charge in [-0.3, -0.25) is 0 Å². The predicted octanol–water partition coefficient (Wildman–Crippen LogP) is 4.49. The van der Waals surface area contributed by atoms with E-state index in [0.717, 1.165) is 21.9 Å². The van der Waals surface area contributed by atoms with Gasteiger partial charge in [0.2, 0.25) is 0 Å². The Bertz CT molecular complexity index is 3050. The fourth-order valence-electron chi connectivity index (χ4n) is 9.05. The zero-order chi connectivity index (χ0) is 35.2. The van der Waals surface area contributed by atoms with Crippen LogP contribution in [-0.2, 0) is 0 Å². The lowest BCUT2D eigenvalue weighted by molar-refractivity contribution is 0.669. The monoisotopic (exact) mass is 656 g/mol. The Balaban J connectivity index is 1.32. The van der Waals surface area contributed by atoms with Crippen LogP contribution < -0.4 is 27.3 Å². The number of hydrogen-bond donors (Lipinski definition) is 0. The molecule has 0 atom stereocenters. The van der Waals surface area contributed by atoms with Gasteiger partial charge in [-0.2, -0.15) is 0 Å². The molecule has 0 bridgehead atoms. The Labute approximate surface area is 307 Å². The molecule has 0 aliphatic rings. The first kappa shape index (κ1) is 30.9. The topological polar surface area (TPSA) is 13.1 Å². The Morgan fingerprint density at radius 3 is 1.40 bits per heavy atom. The summed E-state index contributed by atoms with van der Waals surface area (Å²) >= 11 is 0. The van der Waals surface area contributed by atoms with Crippen LogP contribution in [0.4, 0.5) is 0 Å². The van der Waals surface area contributed by atoms with E-state index in [1.807, 2.05) is 0 Å². The maximum Gasteiger partial charge on any atom is 0.139 e. The highest BCUT2D eigenvalue weighted by atomic mass is 16.3. The summed E-state index contributed by atoms with van der Waals surface area (Å²) in [5.41, 5.74) is 16.2. The molecule has 0 N–H and O–H groups in total. The van der Waals surface area contributed by atoms with Gasteiger partial charge >= 0.3 is 0 Å². The highest BCUT2D eigenvalue weighted by molar-refractivity contribution is 6.69. The van der Waals surface area contributed by atoms with Crippen LogP contribution in [0.1, 0.15) is 0 Å². The molecule has 6 heteroatoms. The van der Waals surface area contributed by atoms with Gasteiger partial charge in [0.15, 0.2) is 0 Å². The third-order valence-corrected chi connectivity index (χ3v) is 12.0. The third kappa shape index (κ3) is 4.37. The molecule has 10 aromatic rings. The maximum atomic E-state index is 6.72. The maximum absolute atomic E-state index is 6.72. The summed E-state index contributed by atoms with van der Waals surface area (Å²) in [5, 5.41) is 12.4. The number of hydrogen-bond acceptors (Lipinski definition) is 1. The highest BCUT2D eigenvalue weighted by Crippen LogP contribution is 2.48. The minimum absolute atomic E-state index is 0.903. The van der Waals surface area contributed by atoms with Crippen molar-refractivity contribution in [2.75, 3.05) is 0 Å². The van der Waals surface area contributed by atoms with Crippen molar-refractivity contribution < 1.29 is 4.42 Å². The first-order valence-electron chi connectivity index (χ1n) is 18.3. The van der Waals surface area contributed by atoms with Crippen LogP contribution in [0, 0.1) is 0 Å². The van der Waals surface area contributed by atoms with Crippen LogP contribution in [0.15, 0.2) is 144 Å². The van der Waals surface area contributed by atoms with E-state index in [1.165, 1.54) is 104 Å². The zero-order valence-electron chi connectivity index (χ0n) is 30.2. The predicted molar refractivity (Wildman–Crippen MR) is 241 cm³/mol. The van der Waals surface area contributed by atoms with Crippen LogP contribution in [0.3, 0.4) is 0 Å². The summed E-state index contributed by atoms with van der Waals surface area (Å²) in [6.07, 6.45) is 0. The number of fused-ring (bicyclic) bond motifs is 8. The SMILES string of the molecule is Bc1c(B)c(B)c(-c2c3ccccc3c(-c3cccc4oc5cccc(-c6ccc7ccc8ccccc8c7c6)c5c34)c3ccccc23)c(B)c1B. The van der Waals surface area contributed by atoms with Crippen LogP contribution in [0.5, 0.6) is 0 Å². The van der Waals surface area contributed by atoms with Crippen LogP contribution in [-0.4, -0.2) is 39.2 Å². The van der Waals surface area contributed by atoms with Crippen molar-refractivity contribution in [3.8, 4) is 33.4 Å². The Morgan fingerprint density at radius 2 is 0.788 bits per heavy atom. The minimum atomic E-state index is 0.903. The van der Waals surface area contributed by atoms with Crippen molar-refractivity contribution in [2.24, 2.45) is 0 Å². The van der Waals surface area contributed by atoms with Crippen molar-refractivity contribution >= 4 is 132 Å². The van der Waals surface area contributed by atoms with E-state index in [2.05, 4.69) is 179 Å². The second-order valence-electron chi connectivity index (χ2n) is 14.5.